The topological polar surface area (TPSA) is 61.4 Å². The molecule has 0 aromatic carbocycles. The fraction of sp³-hybridized carbons (Fsp3) is 0.882. The summed E-state index contributed by atoms with van der Waals surface area (Å²) < 4.78 is 0. The summed E-state index contributed by atoms with van der Waals surface area (Å²) in [7, 11) is 0. The number of amides is 2. The molecule has 2 N–H and O–H groups in total. The fourth-order valence-corrected chi connectivity index (χ4v) is 5.02. The van der Waals surface area contributed by atoms with Gasteiger partial charge >= 0.3 is 0 Å². The van der Waals surface area contributed by atoms with Crippen molar-refractivity contribution in [1.29, 1.82) is 0 Å². The second kappa shape index (κ2) is 8.38. The number of likely N-dealkylation sites (tertiary alicyclic amines) is 1. The van der Waals surface area contributed by atoms with Crippen LogP contribution < -0.4 is 10.6 Å². The van der Waals surface area contributed by atoms with Crippen LogP contribution in [0.2, 0.25) is 0 Å². The molecule has 2 unspecified atom stereocenters. The van der Waals surface area contributed by atoms with Gasteiger partial charge in [-0.05, 0) is 62.5 Å². The van der Waals surface area contributed by atoms with Gasteiger partial charge in [0.1, 0.15) is 0 Å². The molecule has 3 aliphatic rings. The number of nitrogens with one attached hydrogen (secondary N) is 2. The molecule has 3 heterocycles. The van der Waals surface area contributed by atoms with Crippen LogP contribution in [0.4, 0.5) is 0 Å². The normalized spacial score (nSPS) is 29.5. The van der Waals surface area contributed by atoms with Crippen molar-refractivity contribution < 1.29 is 9.59 Å². The Bertz CT molecular complexity index is 420. The Labute approximate surface area is 143 Å². The average molecular weight is 340 g/mol. The molecule has 3 aliphatic heterocycles. The van der Waals surface area contributed by atoms with E-state index >= 15 is 0 Å². The molecule has 3 saturated heterocycles. The van der Waals surface area contributed by atoms with E-state index in [0.717, 1.165) is 69.7 Å². The van der Waals surface area contributed by atoms with Crippen LogP contribution in [0.15, 0.2) is 0 Å². The number of carbonyl (C=O) groups excluding carboxylic acids is 2. The van der Waals surface area contributed by atoms with Gasteiger partial charge in [-0.3, -0.25) is 9.59 Å². The van der Waals surface area contributed by atoms with E-state index in [2.05, 4.69) is 15.5 Å². The number of thioether (sulfide) groups is 1. The van der Waals surface area contributed by atoms with Gasteiger partial charge in [0, 0.05) is 25.6 Å². The third kappa shape index (κ3) is 4.63. The zero-order valence-electron chi connectivity index (χ0n) is 13.9. The van der Waals surface area contributed by atoms with Gasteiger partial charge in [-0.1, -0.05) is 0 Å². The monoisotopic (exact) mass is 339 g/mol. The molecule has 2 atom stereocenters. The summed E-state index contributed by atoms with van der Waals surface area (Å²) in [4.78, 5) is 26.8. The number of nitrogens with zero attached hydrogens (tertiary/aromatic N) is 1. The van der Waals surface area contributed by atoms with Gasteiger partial charge in [-0.15, -0.1) is 0 Å². The number of carbonyl (C=O) groups is 2. The van der Waals surface area contributed by atoms with Crippen molar-refractivity contribution in [3.05, 3.63) is 0 Å². The minimum Gasteiger partial charge on any atom is -0.354 e. The summed E-state index contributed by atoms with van der Waals surface area (Å²) in [5.74, 6) is 3.40. The van der Waals surface area contributed by atoms with Crippen molar-refractivity contribution in [2.75, 3.05) is 37.7 Å². The van der Waals surface area contributed by atoms with Gasteiger partial charge < -0.3 is 15.5 Å². The van der Waals surface area contributed by atoms with Gasteiger partial charge in [0.15, 0.2) is 0 Å². The van der Waals surface area contributed by atoms with Crippen LogP contribution in [0.25, 0.3) is 0 Å². The van der Waals surface area contributed by atoms with Crippen LogP contribution in [0.3, 0.4) is 0 Å². The summed E-state index contributed by atoms with van der Waals surface area (Å²) in [6.45, 7) is 3.38. The summed E-state index contributed by atoms with van der Waals surface area (Å²) in [6.07, 6.45) is 6.28. The summed E-state index contributed by atoms with van der Waals surface area (Å²) in [5.41, 5.74) is 0. The summed E-state index contributed by atoms with van der Waals surface area (Å²) >= 11 is 1.96. The molecule has 0 radical (unpaired) electrons. The molecule has 0 spiro atoms. The smallest absolute Gasteiger partial charge is 0.237 e. The lowest BCUT2D eigenvalue weighted by Crippen LogP contribution is -2.48. The highest BCUT2D eigenvalue weighted by Crippen LogP contribution is 2.26. The molecule has 130 valence electrons. The Hall–Kier alpha value is -0.750. The molecule has 2 amide bonds. The van der Waals surface area contributed by atoms with Gasteiger partial charge in [0.2, 0.25) is 11.8 Å². The van der Waals surface area contributed by atoms with E-state index in [4.69, 9.17) is 0 Å². The van der Waals surface area contributed by atoms with Crippen molar-refractivity contribution in [3.63, 3.8) is 0 Å². The Morgan fingerprint density at radius 3 is 2.70 bits per heavy atom. The molecule has 6 heteroatoms. The molecule has 0 aliphatic carbocycles. The number of hydrogen-bond donors (Lipinski definition) is 2. The first kappa shape index (κ1) is 17.1. The van der Waals surface area contributed by atoms with E-state index in [9.17, 15) is 9.59 Å². The van der Waals surface area contributed by atoms with E-state index in [-0.39, 0.29) is 17.9 Å². The van der Waals surface area contributed by atoms with Gasteiger partial charge in [0.25, 0.3) is 0 Å². The molecule has 0 saturated carbocycles. The van der Waals surface area contributed by atoms with Crippen molar-refractivity contribution in [2.45, 2.75) is 44.6 Å². The van der Waals surface area contributed by atoms with Gasteiger partial charge in [0.05, 0.1) is 6.04 Å². The number of hydrogen-bond acceptors (Lipinski definition) is 4. The molecule has 0 bridgehead atoms. The molecule has 23 heavy (non-hydrogen) atoms. The zero-order valence-corrected chi connectivity index (χ0v) is 14.7. The van der Waals surface area contributed by atoms with Gasteiger partial charge in [-0.2, -0.15) is 11.8 Å². The lowest BCUT2D eigenvalue weighted by Gasteiger charge is -2.36. The molecular weight excluding hydrogens is 310 g/mol. The Morgan fingerprint density at radius 2 is 1.96 bits per heavy atom. The van der Waals surface area contributed by atoms with E-state index in [1.54, 1.807) is 0 Å². The van der Waals surface area contributed by atoms with Crippen molar-refractivity contribution in [1.82, 2.24) is 15.5 Å². The van der Waals surface area contributed by atoms with Crippen molar-refractivity contribution in [3.8, 4) is 0 Å². The summed E-state index contributed by atoms with van der Waals surface area (Å²) in [5, 5.41) is 6.33. The van der Waals surface area contributed by atoms with Crippen molar-refractivity contribution >= 4 is 23.6 Å². The maximum Gasteiger partial charge on any atom is 0.237 e. The first-order chi connectivity index (χ1) is 11.2. The molecular formula is C17H29N3O2S. The Morgan fingerprint density at radius 1 is 1.13 bits per heavy atom. The van der Waals surface area contributed by atoms with Crippen LogP contribution >= 0.6 is 11.8 Å². The van der Waals surface area contributed by atoms with E-state index in [1.165, 1.54) is 0 Å². The molecule has 3 rings (SSSR count). The van der Waals surface area contributed by atoms with Crippen LogP contribution in [-0.2, 0) is 9.59 Å². The second-order valence-corrected chi connectivity index (χ2v) is 8.30. The van der Waals surface area contributed by atoms with Gasteiger partial charge in [-0.25, -0.2) is 0 Å². The first-order valence-electron chi connectivity index (χ1n) is 9.11. The van der Waals surface area contributed by atoms with Crippen LogP contribution in [0.5, 0.6) is 0 Å². The van der Waals surface area contributed by atoms with E-state index in [0.29, 0.717) is 18.4 Å². The largest absolute Gasteiger partial charge is 0.354 e. The highest BCUT2D eigenvalue weighted by Gasteiger charge is 2.30. The number of rotatable bonds is 4. The third-order valence-electron chi connectivity index (χ3n) is 5.34. The molecule has 0 aromatic rings. The van der Waals surface area contributed by atoms with E-state index in [1.807, 2.05) is 11.8 Å². The lowest BCUT2D eigenvalue weighted by atomic mass is 9.94. The van der Waals surface area contributed by atoms with Crippen LogP contribution in [0, 0.1) is 11.8 Å². The van der Waals surface area contributed by atoms with Crippen LogP contribution in [-0.4, -0.2) is 60.4 Å². The standard InChI is InChI=1S/C17H29N3O2S/c21-16(15-4-1-7-18-15)19-11-13-3-2-8-20(12-13)17(22)14-5-9-23-10-6-14/h13-15,18H,1-12H2,(H,19,21). The highest BCUT2D eigenvalue weighted by molar-refractivity contribution is 7.99. The predicted octanol–water partition coefficient (Wildman–Crippen LogP) is 1.24. The molecule has 5 nitrogen and oxygen atoms in total. The lowest BCUT2D eigenvalue weighted by molar-refractivity contribution is -0.137. The van der Waals surface area contributed by atoms with Crippen LogP contribution in [0.1, 0.15) is 38.5 Å². The second-order valence-electron chi connectivity index (χ2n) is 7.07. The number of piperidine rings is 1. The first-order valence-corrected chi connectivity index (χ1v) is 10.3. The molecule has 3 fully saturated rings. The average Bonchev–Trinajstić information content (AvgIpc) is 3.15. The van der Waals surface area contributed by atoms with E-state index < -0.39 is 0 Å². The SMILES string of the molecule is O=C(NCC1CCCN(C(=O)C2CCSCC2)C1)C1CCCN1. The third-order valence-corrected chi connectivity index (χ3v) is 6.39. The predicted molar refractivity (Wildman–Crippen MR) is 93.4 cm³/mol. The fourth-order valence-electron chi connectivity index (χ4n) is 3.91. The quantitative estimate of drug-likeness (QED) is 0.809. The highest BCUT2D eigenvalue weighted by atomic mass is 32.2. The maximum atomic E-state index is 12.7. The zero-order chi connectivity index (χ0) is 16.1. The Balaban J connectivity index is 1.44. The maximum absolute atomic E-state index is 12.7. The minimum atomic E-state index is -0.00364. The van der Waals surface area contributed by atoms with Crippen molar-refractivity contribution in [2.24, 2.45) is 11.8 Å². The minimum absolute atomic E-state index is 0.00364. The Kier molecular flexibility index (Phi) is 6.22. The summed E-state index contributed by atoms with van der Waals surface area (Å²) in [6, 6.07) is -0.00364. The molecule has 0 aromatic heterocycles.